The largest absolute Gasteiger partial charge is 0.294 e. The van der Waals surface area contributed by atoms with E-state index in [0.29, 0.717) is 5.92 Å². The van der Waals surface area contributed by atoms with E-state index in [1.165, 1.54) is 17.2 Å². The van der Waals surface area contributed by atoms with Crippen molar-refractivity contribution in [2.45, 2.75) is 64.2 Å². The molecule has 0 saturated heterocycles. The Labute approximate surface area is 139 Å². The van der Waals surface area contributed by atoms with E-state index >= 15 is 0 Å². The number of benzene rings is 2. The molecule has 0 aliphatic heterocycles. The Kier molecular flexibility index (Phi) is 4.88. The monoisotopic (exact) mass is 334 g/mol. The summed E-state index contributed by atoms with van der Waals surface area (Å²) >= 11 is 0. The van der Waals surface area contributed by atoms with Crippen LogP contribution in [0.4, 0.5) is 0 Å². The minimum atomic E-state index is -4.25. The summed E-state index contributed by atoms with van der Waals surface area (Å²) in [6.07, 6.45) is 0. The fourth-order valence-electron chi connectivity index (χ4n) is 3.39. The van der Waals surface area contributed by atoms with Crippen LogP contribution in [0.3, 0.4) is 0 Å². The lowest BCUT2D eigenvalue weighted by Gasteiger charge is -2.23. The van der Waals surface area contributed by atoms with Crippen molar-refractivity contribution < 1.29 is 13.0 Å². The zero-order chi connectivity index (χ0) is 17.5. The van der Waals surface area contributed by atoms with Crippen molar-refractivity contribution in [1.29, 1.82) is 0 Å². The second kappa shape index (κ2) is 6.25. The quantitative estimate of drug-likeness (QED) is 0.756. The molecule has 0 aliphatic rings. The van der Waals surface area contributed by atoms with Crippen LogP contribution < -0.4 is 0 Å². The van der Waals surface area contributed by atoms with Crippen LogP contribution in [0, 0.1) is 0 Å². The molecule has 0 aliphatic carbocycles. The Bertz CT molecular complexity index is 831. The van der Waals surface area contributed by atoms with Gasteiger partial charge in [-0.2, -0.15) is 8.42 Å². The van der Waals surface area contributed by atoms with E-state index in [1.807, 2.05) is 13.8 Å². The normalized spacial score (nSPS) is 12.8. The van der Waals surface area contributed by atoms with Crippen LogP contribution in [0.2, 0.25) is 0 Å². The van der Waals surface area contributed by atoms with Crippen molar-refractivity contribution in [3.63, 3.8) is 0 Å². The maximum absolute atomic E-state index is 11.9. The van der Waals surface area contributed by atoms with Gasteiger partial charge in [-0.05, 0) is 51.3 Å². The second-order valence-electron chi connectivity index (χ2n) is 7.08. The van der Waals surface area contributed by atoms with Crippen molar-refractivity contribution in [2.24, 2.45) is 0 Å². The van der Waals surface area contributed by atoms with Gasteiger partial charge in [0.05, 0.1) is 4.90 Å². The van der Waals surface area contributed by atoms with Crippen molar-refractivity contribution in [3.8, 4) is 0 Å². The Morgan fingerprint density at radius 1 is 0.783 bits per heavy atom. The van der Waals surface area contributed by atoms with Crippen LogP contribution in [-0.2, 0) is 10.1 Å². The van der Waals surface area contributed by atoms with E-state index in [2.05, 4.69) is 39.8 Å². The summed E-state index contributed by atoms with van der Waals surface area (Å²) in [5.74, 6) is 0.618. The van der Waals surface area contributed by atoms with Gasteiger partial charge in [-0.3, -0.25) is 4.55 Å². The summed E-state index contributed by atoms with van der Waals surface area (Å²) in [6, 6.07) is 7.50. The number of rotatable bonds is 4. The fourth-order valence-corrected chi connectivity index (χ4v) is 4.25. The smallest absolute Gasteiger partial charge is 0.282 e. The van der Waals surface area contributed by atoms with Gasteiger partial charge in [0, 0.05) is 0 Å². The molecule has 0 aromatic heterocycles. The number of fused-ring (bicyclic) bond motifs is 1. The lowest BCUT2D eigenvalue weighted by Crippen LogP contribution is -2.08. The van der Waals surface area contributed by atoms with Gasteiger partial charge in [0.15, 0.2) is 0 Å². The molecule has 126 valence electrons. The highest BCUT2D eigenvalue weighted by atomic mass is 32.2. The molecule has 0 spiro atoms. The molecular formula is C19H26O3S. The van der Waals surface area contributed by atoms with E-state index in [4.69, 9.17) is 0 Å². The highest BCUT2D eigenvalue weighted by Crippen LogP contribution is 2.39. The first-order chi connectivity index (χ1) is 10.6. The van der Waals surface area contributed by atoms with E-state index in [0.717, 1.165) is 16.3 Å². The first-order valence-corrected chi connectivity index (χ1v) is 9.56. The predicted molar refractivity (Wildman–Crippen MR) is 96.0 cm³/mol. The molecule has 4 heteroatoms. The van der Waals surface area contributed by atoms with Gasteiger partial charge in [-0.15, -0.1) is 0 Å². The average Bonchev–Trinajstić information content (AvgIpc) is 2.42. The van der Waals surface area contributed by atoms with Crippen LogP contribution in [-0.4, -0.2) is 13.0 Å². The van der Waals surface area contributed by atoms with Crippen molar-refractivity contribution >= 4 is 20.9 Å². The van der Waals surface area contributed by atoms with Crippen molar-refractivity contribution in [3.05, 3.63) is 41.0 Å². The Balaban J connectivity index is 3.10. The lowest BCUT2D eigenvalue weighted by molar-refractivity contribution is 0.481. The summed E-state index contributed by atoms with van der Waals surface area (Å²) < 4.78 is 33.4. The number of hydrogen-bond acceptors (Lipinski definition) is 2. The van der Waals surface area contributed by atoms with Gasteiger partial charge in [-0.25, -0.2) is 0 Å². The molecule has 0 amide bonds. The minimum Gasteiger partial charge on any atom is -0.282 e. The molecule has 23 heavy (non-hydrogen) atoms. The summed E-state index contributed by atoms with van der Waals surface area (Å²) in [5.41, 5.74) is 3.14. The van der Waals surface area contributed by atoms with Crippen molar-refractivity contribution in [2.75, 3.05) is 0 Å². The molecule has 0 heterocycles. The first-order valence-electron chi connectivity index (χ1n) is 8.12. The third-order valence-corrected chi connectivity index (χ3v) is 5.23. The van der Waals surface area contributed by atoms with E-state index < -0.39 is 10.1 Å². The second-order valence-corrected chi connectivity index (χ2v) is 8.47. The molecule has 2 aromatic rings. The van der Waals surface area contributed by atoms with E-state index in [-0.39, 0.29) is 16.7 Å². The highest BCUT2D eigenvalue weighted by molar-refractivity contribution is 7.85. The Morgan fingerprint density at radius 3 is 1.74 bits per heavy atom. The topological polar surface area (TPSA) is 54.4 Å². The Morgan fingerprint density at radius 2 is 1.30 bits per heavy atom. The van der Waals surface area contributed by atoms with Crippen LogP contribution in [0.25, 0.3) is 10.8 Å². The predicted octanol–water partition coefficient (Wildman–Crippen LogP) is 5.46. The molecule has 0 bridgehead atoms. The lowest BCUT2D eigenvalue weighted by atomic mass is 9.83. The van der Waals surface area contributed by atoms with E-state index in [9.17, 15) is 13.0 Å². The minimum absolute atomic E-state index is 0.00413. The summed E-state index contributed by atoms with van der Waals surface area (Å²) in [7, 11) is -4.25. The zero-order valence-electron chi connectivity index (χ0n) is 14.7. The Hall–Kier alpha value is -1.39. The van der Waals surface area contributed by atoms with Gasteiger partial charge in [-0.1, -0.05) is 59.7 Å². The van der Waals surface area contributed by atoms with E-state index in [1.54, 1.807) is 6.07 Å². The molecule has 0 saturated carbocycles. The molecule has 3 nitrogen and oxygen atoms in total. The molecule has 2 rings (SSSR count). The van der Waals surface area contributed by atoms with Crippen molar-refractivity contribution in [1.82, 2.24) is 0 Å². The molecule has 1 N–H and O–H groups in total. The fraction of sp³-hybridized carbons (Fsp3) is 0.474. The van der Waals surface area contributed by atoms with Crippen LogP contribution >= 0.6 is 0 Å². The summed E-state index contributed by atoms with van der Waals surface area (Å²) in [6.45, 7) is 12.5. The van der Waals surface area contributed by atoms with Gasteiger partial charge in [0.1, 0.15) is 0 Å². The molecule has 2 aromatic carbocycles. The van der Waals surface area contributed by atoms with Crippen LogP contribution in [0.5, 0.6) is 0 Å². The van der Waals surface area contributed by atoms with Gasteiger partial charge in [0.2, 0.25) is 0 Å². The standard InChI is InChI=1S/C19H26O3S/c1-11(2)15-9-7-14-8-10-16(23(20,21)22)18(13(5)6)19(14)17(15)12(3)4/h7-13H,1-6H3,(H,20,21,22). The first kappa shape index (κ1) is 18.0. The summed E-state index contributed by atoms with van der Waals surface area (Å²) in [5, 5.41) is 2.01. The van der Waals surface area contributed by atoms with Crippen LogP contribution in [0.15, 0.2) is 29.2 Å². The molecular weight excluding hydrogens is 308 g/mol. The maximum atomic E-state index is 11.9. The SMILES string of the molecule is CC(C)c1ccc2ccc(S(=O)(=O)O)c(C(C)C)c2c1C(C)C. The highest BCUT2D eigenvalue weighted by Gasteiger charge is 2.24. The molecule has 0 fully saturated rings. The maximum Gasteiger partial charge on any atom is 0.294 e. The third kappa shape index (κ3) is 3.29. The van der Waals surface area contributed by atoms with Crippen LogP contribution in [0.1, 0.15) is 76.0 Å². The number of hydrogen-bond donors (Lipinski definition) is 1. The average molecular weight is 334 g/mol. The molecule has 0 unspecified atom stereocenters. The zero-order valence-corrected chi connectivity index (χ0v) is 15.5. The van der Waals surface area contributed by atoms with Gasteiger partial charge >= 0.3 is 0 Å². The molecule has 0 atom stereocenters. The van der Waals surface area contributed by atoms with Gasteiger partial charge < -0.3 is 0 Å². The molecule has 0 radical (unpaired) electrons. The third-order valence-electron chi connectivity index (χ3n) is 4.32. The summed E-state index contributed by atoms with van der Waals surface area (Å²) in [4.78, 5) is 0.0304. The van der Waals surface area contributed by atoms with Gasteiger partial charge in [0.25, 0.3) is 10.1 Å².